The van der Waals surface area contributed by atoms with Gasteiger partial charge in [-0.1, -0.05) is 52.4 Å². The summed E-state index contributed by atoms with van der Waals surface area (Å²) >= 11 is 0. The van der Waals surface area contributed by atoms with E-state index in [-0.39, 0.29) is 36.6 Å². The highest BCUT2D eigenvalue weighted by Gasteiger charge is 2.32. The fourth-order valence-electron chi connectivity index (χ4n) is 5.06. The molecule has 0 radical (unpaired) electrons. The molecule has 6 nitrogen and oxygen atoms in total. The molecule has 1 rings (SSSR count). The zero-order chi connectivity index (χ0) is 27.1. The van der Waals surface area contributed by atoms with Crippen LogP contribution in [0.3, 0.4) is 0 Å². The quantitative estimate of drug-likeness (QED) is 0.0894. The maximum atomic E-state index is 11.1. The Balaban J connectivity index is 2.33. The van der Waals surface area contributed by atoms with Crippen molar-refractivity contribution in [2.24, 2.45) is 0 Å². The van der Waals surface area contributed by atoms with Gasteiger partial charge in [0.15, 0.2) is 0 Å². The Morgan fingerprint density at radius 2 is 1.73 bits per heavy atom. The molecule has 0 amide bonds. The van der Waals surface area contributed by atoms with Gasteiger partial charge in [0.25, 0.3) is 0 Å². The molecule has 1 aliphatic rings. The van der Waals surface area contributed by atoms with Gasteiger partial charge in [0.05, 0.1) is 36.6 Å². The van der Waals surface area contributed by atoms with Crippen molar-refractivity contribution in [2.45, 2.75) is 160 Å². The summed E-state index contributed by atoms with van der Waals surface area (Å²) in [7, 11) is 1.75. The molecule has 0 aromatic heterocycles. The Morgan fingerprint density at radius 1 is 1.00 bits per heavy atom. The van der Waals surface area contributed by atoms with Crippen molar-refractivity contribution in [1.29, 1.82) is 0 Å². The third kappa shape index (κ3) is 17.3. The van der Waals surface area contributed by atoms with Crippen molar-refractivity contribution in [2.75, 3.05) is 20.3 Å². The molecule has 1 N–H and O–H groups in total. The number of hydrogen-bond donors (Lipinski definition) is 1. The van der Waals surface area contributed by atoms with Crippen molar-refractivity contribution in [1.82, 2.24) is 0 Å². The lowest BCUT2D eigenvalue weighted by atomic mass is 9.94. The smallest absolute Gasteiger partial charge is 0.122 e. The van der Waals surface area contributed by atoms with Crippen LogP contribution in [0, 0.1) is 12.3 Å². The number of terminal acetylenes is 1. The van der Waals surface area contributed by atoms with E-state index in [1.807, 2.05) is 0 Å². The lowest BCUT2D eigenvalue weighted by Gasteiger charge is -2.36. The summed E-state index contributed by atoms with van der Waals surface area (Å²) in [6.07, 6.45) is 22.2. The standard InChI is InChI=1S/C31H56O6/c1-5-8-10-11-12-13-14-15-16-26(33)18-21-36-27(7-3)22-29(34-4)24-31-25-30(35-20-9-6-2)23-28(37-31)17-19-32/h1,19,26-31,33H,6-18,20-25H2,2-4H3/t26-,27?,28?,29+,30+,31?/m0/s1. The first-order valence-corrected chi connectivity index (χ1v) is 15.0. The summed E-state index contributed by atoms with van der Waals surface area (Å²) in [5, 5.41) is 10.3. The van der Waals surface area contributed by atoms with E-state index in [1.165, 1.54) is 25.7 Å². The summed E-state index contributed by atoms with van der Waals surface area (Å²) in [5.41, 5.74) is 0. The minimum absolute atomic E-state index is 0.0202. The number of ether oxygens (including phenoxy) is 4. The molecule has 1 heterocycles. The molecule has 6 atom stereocenters. The van der Waals surface area contributed by atoms with Crippen LogP contribution in [0.5, 0.6) is 0 Å². The summed E-state index contributed by atoms with van der Waals surface area (Å²) < 4.78 is 24.3. The van der Waals surface area contributed by atoms with Crippen molar-refractivity contribution in [3.05, 3.63) is 0 Å². The van der Waals surface area contributed by atoms with Gasteiger partial charge in [0, 0.05) is 39.6 Å². The molecule has 0 aromatic carbocycles. The number of aliphatic hydroxyl groups excluding tert-OH is 1. The van der Waals surface area contributed by atoms with Crippen molar-refractivity contribution in [3.63, 3.8) is 0 Å². The zero-order valence-electron chi connectivity index (χ0n) is 24.0. The molecule has 37 heavy (non-hydrogen) atoms. The Morgan fingerprint density at radius 3 is 2.41 bits per heavy atom. The molecule has 0 aliphatic carbocycles. The average Bonchev–Trinajstić information content (AvgIpc) is 2.89. The van der Waals surface area contributed by atoms with E-state index in [9.17, 15) is 9.90 Å². The number of aldehydes is 1. The van der Waals surface area contributed by atoms with Crippen LogP contribution in [0.15, 0.2) is 0 Å². The number of carbonyl (C=O) groups excluding carboxylic acids is 1. The number of rotatable bonds is 24. The summed E-state index contributed by atoms with van der Waals surface area (Å²) in [6.45, 7) is 5.62. The van der Waals surface area contributed by atoms with Crippen LogP contribution in [0.4, 0.5) is 0 Å². The van der Waals surface area contributed by atoms with E-state index in [2.05, 4.69) is 19.8 Å². The normalized spacial score (nSPS) is 22.3. The Kier molecular flexibility index (Phi) is 21.1. The molecule has 0 aromatic rings. The van der Waals surface area contributed by atoms with Gasteiger partial charge >= 0.3 is 0 Å². The molecule has 0 spiro atoms. The van der Waals surface area contributed by atoms with Gasteiger partial charge in [0.1, 0.15) is 6.29 Å². The molecule has 0 saturated carbocycles. The number of aliphatic hydroxyl groups is 1. The van der Waals surface area contributed by atoms with Crippen LogP contribution >= 0.6 is 0 Å². The second-order valence-corrected chi connectivity index (χ2v) is 10.6. The fraction of sp³-hybridized carbons (Fsp3) is 0.903. The highest BCUT2D eigenvalue weighted by Crippen LogP contribution is 2.28. The summed E-state index contributed by atoms with van der Waals surface area (Å²) in [6, 6.07) is 0. The topological polar surface area (TPSA) is 74.2 Å². The van der Waals surface area contributed by atoms with E-state index in [4.69, 9.17) is 25.4 Å². The minimum atomic E-state index is -0.299. The summed E-state index contributed by atoms with van der Waals surface area (Å²) in [5.74, 6) is 2.69. The Hall–Kier alpha value is -0.970. The number of hydrogen-bond acceptors (Lipinski definition) is 6. The van der Waals surface area contributed by atoms with E-state index in [0.717, 1.165) is 83.5 Å². The van der Waals surface area contributed by atoms with Gasteiger partial charge in [0.2, 0.25) is 0 Å². The van der Waals surface area contributed by atoms with Crippen molar-refractivity contribution >= 4 is 6.29 Å². The van der Waals surface area contributed by atoms with E-state index in [1.54, 1.807) is 7.11 Å². The van der Waals surface area contributed by atoms with Gasteiger partial charge in [-0.05, 0) is 51.4 Å². The van der Waals surface area contributed by atoms with Gasteiger partial charge in [-0.15, -0.1) is 12.3 Å². The van der Waals surface area contributed by atoms with Gasteiger partial charge in [-0.3, -0.25) is 0 Å². The van der Waals surface area contributed by atoms with Crippen LogP contribution in [-0.4, -0.2) is 68.3 Å². The molecule has 1 saturated heterocycles. The number of carbonyl (C=O) groups is 1. The van der Waals surface area contributed by atoms with Crippen molar-refractivity contribution < 1.29 is 28.8 Å². The first-order chi connectivity index (χ1) is 18.1. The maximum absolute atomic E-state index is 11.1. The molecule has 0 bridgehead atoms. The Labute approximate surface area is 227 Å². The second-order valence-electron chi connectivity index (χ2n) is 10.6. The Bertz CT molecular complexity index is 577. The third-order valence-corrected chi connectivity index (χ3v) is 7.40. The molecule has 1 fully saturated rings. The molecular weight excluding hydrogens is 468 g/mol. The molecule has 1 aliphatic heterocycles. The number of methoxy groups -OCH3 is 1. The van der Waals surface area contributed by atoms with Crippen LogP contribution in [0.2, 0.25) is 0 Å². The first kappa shape index (κ1) is 34.1. The average molecular weight is 525 g/mol. The highest BCUT2D eigenvalue weighted by atomic mass is 16.5. The second kappa shape index (κ2) is 23.0. The van der Waals surface area contributed by atoms with E-state index < -0.39 is 0 Å². The largest absolute Gasteiger partial charge is 0.393 e. The first-order valence-electron chi connectivity index (χ1n) is 15.0. The van der Waals surface area contributed by atoms with Gasteiger partial charge in [-0.2, -0.15) is 0 Å². The lowest BCUT2D eigenvalue weighted by molar-refractivity contribution is -0.137. The van der Waals surface area contributed by atoms with Crippen LogP contribution < -0.4 is 0 Å². The maximum Gasteiger partial charge on any atom is 0.122 e. The lowest BCUT2D eigenvalue weighted by Crippen LogP contribution is -2.40. The molecular formula is C31H56O6. The van der Waals surface area contributed by atoms with Gasteiger partial charge < -0.3 is 28.8 Å². The predicted molar refractivity (Wildman–Crippen MR) is 150 cm³/mol. The fourth-order valence-corrected chi connectivity index (χ4v) is 5.06. The summed E-state index contributed by atoms with van der Waals surface area (Å²) in [4.78, 5) is 11.1. The SMILES string of the molecule is C#CCCCCCCCC[C@H](O)CCOC(CC)C[C@H](CC1C[C@H](OCCCC)CC(CC=O)O1)OC. The minimum Gasteiger partial charge on any atom is -0.393 e. The molecule has 3 unspecified atom stereocenters. The number of unbranched alkanes of at least 4 members (excludes halogenated alkanes) is 7. The highest BCUT2D eigenvalue weighted by molar-refractivity contribution is 5.50. The van der Waals surface area contributed by atoms with Crippen LogP contribution in [0.1, 0.15) is 123 Å². The monoisotopic (exact) mass is 524 g/mol. The zero-order valence-corrected chi connectivity index (χ0v) is 24.0. The van der Waals surface area contributed by atoms with Gasteiger partial charge in [-0.25, -0.2) is 0 Å². The molecule has 216 valence electrons. The van der Waals surface area contributed by atoms with Crippen LogP contribution in [0.25, 0.3) is 0 Å². The third-order valence-electron chi connectivity index (χ3n) is 7.40. The van der Waals surface area contributed by atoms with E-state index in [0.29, 0.717) is 19.4 Å². The van der Waals surface area contributed by atoms with Crippen molar-refractivity contribution in [3.8, 4) is 12.3 Å². The molecule has 6 heteroatoms. The van der Waals surface area contributed by atoms with Crippen LogP contribution in [-0.2, 0) is 23.7 Å². The van der Waals surface area contributed by atoms with E-state index >= 15 is 0 Å². The predicted octanol–water partition coefficient (Wildman–Crippen LogP) is 6.40.